The van der Waals surface area contributed by atoms with Crippen LogP contribution in [0.15, 0.2) is 42.9 Å². The number of hydrogen-bond donors (Lipinski definition) is 1. The average molecular weight is 295 g/mol. The maximum Gasteiger partial charge on any atom is 0.148 e. The van der Waals surface area contributed by atoms with Gasteiger partial charge in [-0.3, -0.25) is 9.67 Å². The second-order valence-corrected chi connectivity index (χ2v) is 4.91. The lowest BCUT2D eigenvalue weighted by molar-refractivity contribution is 0.475. The molecule has 3 aromatic heterocycles. The molecule has 0 atom stereocenters. The van der Waals surface area contributed by atoms with Crippen molar-refractivity contribution in [1.82, 2.24) is 19.7 Å². The molecule has 6 heteroatoms. The van der Waals surface area contributed by atoms with Crippen LogP contribution < -0.4 is 10.1 Å². The van der Waals surface area contributed by atoms with Crippen LogP contribution in [0.3, 0.4) is 0 Å². The van der Waals surface area contributed by atoms with Crippen molar-refractivity contribution in [3.8, 4) is 22.8 Å². The third kappa shape index (κ3) is 2.90. The molecule has 0 saturated carbocycles. The Kier molecular flexibility index (Phi) is 3.74. The van der Waals surface area contributed by atoms with E-state index >= 15 is 0 Å². The summed E-state index contributed by atoms with van der Waals surface area (Å²) in [4.78, 5) is 8.76. The Morgan fingerprint density at radius 3 is 2.77 bits per heavy atom. The van der Waals surface area contributed by atoms with Gasteiger partial charge < -0.3 is 10.1 Å². The normalized spacial score (nSPS) is 10.5. The van der Waals surface area contributed by atoms with Crippen LogP contribution >= 0.6 is 0 Å². The fraction of sp³-hybridized carbons (Fsp3) is 0.188. The average Bonchev–Trinajstić information content (AvgIpc) is 2.96. The first-order chi connectivity index (χ1) is 10.7. The first-order valence-electron chi connectivity index (χ1n) is 6.94. The van der Waals surface area contributed by atoms with E-state index in [2.05, 4.69) is 20.4 Å². The fourth-order valence-electron chi connectivity index (χ4n) is 2.11. The highest BCUT2D eigenvalue weighted by Gasteiger charge is 2.07. The highest BCUT2D eigenvalue weighted by Crippen LogP contribution is 2.27. The molecule has 6 nitrogen and oxygen atoms in total. The zero-order valence-electron chi connectivity index (χ0n) is 12.7. The summed E-state index contributed by atoms with van der Waals surface area (Å²) in [7, 11) is 3.72. The topological polar surface area (TPSA) is 64.9 Å². The van der Waals surface area contributed by atoms with Gasteiger partial charge in [0.2, 0.25) is 0 Å². The van der Waals surface area contributed by atoms with Gasteiger partial charge in [0.05, 0.1) is 17.6 Å². The van der Waals surface area contributed by atoms with Gasteiger partial charge in [-0.25, -0.2) is 4.98 Å². The van der Waals surface area contributed by atoms with Crippen LogP contribution in [-0.4, -0.2) is 26.8 Å². The highest BCUT2D eigenvalue weighted by molar-refractivity contribution is 5.59. The number of aryl methyl sites for hydroxylation is 2. The van der Waals surface area contributed by atoms with Crippen LogP contribution in [0.5, 0.6) is 11.5 Å². The van der Waals surface area contributed by atoms with Gasteiger partial charge in [-0.05, 0) is 25.1 Å². The number of nitrogens with one attached hydrogen (secondary N) is 1. The molecule has 0 saturated heterocycles. The molecule has 3 aromatic rings. The summed E-state index contributed by atoms with van der Waals surface area (Å²) in [5, 5.41) is 7.16. The predicted molar refractivity (Wildman–Crippen MR) is 85.0 cm³/mol. The van der Waals surface area contributed by atoms with Crippen LogP contribution in [0, 0.1) is 6.92 Å². The number of ether oxygens (including phenoxy) is 1. The van der Waals surface area contributed by atoms with Crippen molar-refractivity contribution in [3.63, 3.8) is 0 Å². The van der Waals surface area contributed by atoms with Crippen molar-refractivity contribution in [2.24, 2.45) is 7.05 Å². The molecule has 0 spiro atoms. The Morgan fingerprint density at radius 1 is 1.23 bits per heavy atom. The third-order valence-corrected chi connectivity index (χ3v) is 3.25. The molecule has 1 N–H and O–H groups in total. The summed E-state index contributed by atoms with van der Waals surface area (Å²) in [6.45, 7) is 1.92. The molecule has 3 rings (SSSR count). The fourth-order valence-corrected chi connectivity index (χ4v) is 2.11. The van der Waals surface area contributed by atoms with Crippen molar-refractivity contribution in [2.75, 3.05) is 12.4 Å². The minimum absolute atomic E-state index is 0.718. The summed E-state index contributed by atoms with van der Waals surface area (Å²) in [5.74, 6) is 2.26. The smallest absolute Gasteiger partial charge is 0.148 e. The molecular formula is C16H17N5O. The molecule has 0 aromatic carbocycles. The standard InChI is InChI=1S/C16H17N5O/c1-11-15(4-5-16(17-2)20-11)22-13-6-7-18-14(8-13)12-9-19-21(3)10-12/h4-10H,1-3H3,(H,17,20). The third-order valence-electron chi connectivity index (χ3n) is 3.25. The molecule has 0 bridgehead atoms. The maximum atomic E-state index is 5.92. The number of rotatable bonds is 4. The van der Waals surface area contributed by atoms with E-state index in [-0.39, 0.29) is 0 Å². The monoisotopic (exact) mass is 295 g/mol. The summed E-state index contributed by atoms with van der Waals surface area (Å²) >= 11 is 0. The Labute approximate surface area is 128 Å². The molecule has 0 aliphatic rings. The number of hydrogen-bond acceptors (Lipinski definition) is 5. The van der Waals surface area contributed by atoms with Crippen LogP contribution in [-0.2, 0) is 7.05 Å². The van der Waals surface area contributed by atoms with Crippen LogP contribution in [0.1, 0.15) is 5.69 Å². The number of aromatic nitrogens is 4. The molecule has 112 valence electrons. The quantitative estimate of drug-likeness (QED) is 0.801. The van der Waals surface area contributed by atoms with Crippen molar-refractivity contribution in [1.29, 1.82) is 0 Å². The van der Waals surface area contributed by atoms with E-state index in [1.165, 1.54) is 0 Å². The van der Waals surface area contributed by atoms with Crippen molar-refractivity contribution in [3.05, 3.63) is 48.5 Å². The zero-order valence-corrected chi connectivity index (χ0v) is 12.7. The molecule has 22 heavy (non-hydrogen) atoms. The van der Waals surface area contributed by atoms with Crippen molar-refractivity contribution < 1.29 is 4.74 Å². The molecule has 0 unspecified atom stereocenters. The Morgan fingerprint density at radius 2 is 2.09 bits per heavy atom. The first-order valence-corrected chi connectivity index (χ1v) is 6.94. The lowest BCUT2D eigenvalue weighted by atomic mass is 10.2. The molecule has 0 amide bonds. The molecule has 0 aliphatic carbocycles. The second-order valence-electron chi connectivity index (χ2n) is 4.91. The van der Waals surface area contributed by atoms with E-state index in [0.29, 0.717) is 0 Å². The molecule has 0 aliphatic heterocycles. The Balaban J connectivity index is 1.87. The largest absolute Gasteiger partial charge is 0.455 e. The summed E-state index contributed by atoms with van der Waals surface area (Å²) in [6.07, 6.45) is 5.42. The van der Waals surface area contributed by atoms with Gasteiger partial charge in [0, 0.05) is 38.1 Å². The highest BCUT2D eigenvalue weighted by atomic mass is 16.5. The summed E-state index contributed by atoms with van der Waals surface area (Å²) in [5.41, 5.74) is 2.60. The van der Waals surface area contributed by atoms with Crippen LogP contribution in [0.4, 0.5) is 5.82 Å². The van der Waals surface area contributed by atoms with E-state index in [4.69, 9.17) is 4.74 Å². The molecule has 0 fully saturated rings. The van der Waals surface area contributed by atoms with E-state index in [1.807, 2.05) is 51.5 Å². The van der Waals surface area contributed by atoms with Gasteiger partial charge in [-0.1, -0.05) is 0 Å². The lowest BCUT2D eigenvalue weighted by Gasteiger charge is -2.10. The van der Waals surface area contributed by atoms with Gasteiger partial charge in [0.1, 0.15) is 17.3 Å². The Bertz CT molecular complexity index is 797. The zero-order chi connectivity index (χ0) is 15.5. The summed E-state index contributed by atoms with van der Waals surface area (Å²) in [6, 6.07) is 7.50. The number of pyridine rings is 2. The minimum Gasteiger partial charge on any atom is -0.455 e. The number of anilines is 1. The second kappa shape index (κ2) is 5.85. The van der Waals surface area contributed by atoms with E-state index in [0.717, 1.165) is 34.3 Å². The van der Waals surface area contributed by atoms with Gasteiger partial charge in [0.15, 0.2) is 0 Å². The Hall–Kier alpha value is -2.89. The first kappa shape index (κ1) is 14.1. The van der Waals surface area contributed by atoms with E-state index in [9.17, 15) is 0 Å². The van der Waals surface area contributed by atoms with Crippen LogP contribution in [0.25, 0.3) is 11.3 Å². The van der Waals surface area contributed by atoms with Gasteiger partial charge >= 0.3 is 0 Å². The van der Waals surface area contributed by atoms with Gasteiger partial charge in [-0.15, -0.1) is 0 Å². The van der Waals surface area contributed by atoms with Gasteiger partial charge in [-0.2, -0.15) is 5.10 Å². The van der Waals surface area contributed by atoms with E-state index < -0.39 is 0 Å². The number of nitrogens with zero attached hydrogens (tertiary/aromatic N) is 4. The SMILES string of the molecule is CNc1ccc(Oc2ccnc(-c3cnn(C)c3)c2)c(C)n1. The molecular weight excluding hydrogens is 278 g/mol. The van der Waals surface area contributed by atoms with Crippen molar-refractivity contribution >= 4 is 5.82 Å². The van der Waals surface area contributed by atoms with Crippen molar-refractivity contribution in [2.45, 2.75) is 6.92 Å². The lowest BCUT2D eigenvalue weighted by Crippen LogP contribution is -1.96. The molecule has 0 radical (unpaired) electrons. The summed E-state index contributed by atoms with van der Waals surface area (Å²) < 4.78 is 7.67. The minimum atomic E-state index is 0.718. The predicted octanol–water partition coefficient (Wildman–Crippen LogP) is 3.02. The van der Waals surface area contributed by atoms with Crippen LogP contribution in [0.2, 0.25) is 0 Å². The van der Waals surface area contributed by atoms with Gasteiger partial charge in [0.25, 0.3) is 0 Å². The maximum absolute atomic E-state index is 5.92. The van der Waals surface area contributed by atoms with E-state index in [1.54, 1.807) is 17.1 Å². The molecule has 3 heterocycles.